The van der Waals surface area contributed by atoms with E-state index in [0.29, 0.717) is 17.8 Å². The Morgan fingerprint density at radius 2 is 1.94 bits per heavy atom. The van der Waals surface area contributed by atoms with Crippen LogP contribution in [0.15, 0.2) is 29.3 Å². The van der Waals surface area contributed by atoms with Gasteiger partial charge in [0.05, 0.1) is 0 Å². The van der Waals surface area contributed by atoms with Gasteiger partial charge in [0.2, 0.25) is 0 Å². The third-order valence-electron chi connectivity index (χ3n) is 2.45. The largest absolute Gasteiger partial charge is 0.370 e. The number of halogens is 1. The van der Waals surface area contributed by atoms with Gasteiger partial charge in [0.25, 0.3) is 0 Å². The highest BCUT2D eigenvalue weighted by atomic mass is 127. The summed E-state index contributed by atoms with van der Waals surface area (Å²) in [6.45, 7) is 9.35. The summed E-state index contributed by atoms with van der Waals surface area (Å²) in [5.74, 6) is 1.53. The van der Waals surface area contributed by atoms with Crippen molar-refractivity contribution in [2.24, 2.45) is 16.6 Å². The van der Waals surface area contributed by atoms with Gasteiger partial charge in [-0.2, -0.15) is 0 Å². The predicted molar refractivity (Wildman–Crippen MR) is 90.9 cm³/mol. The van der Waals surface area contributed by atoms with Gasteiger partial charge in [-0.05, 0) is 29.5 Å². The Labute approximate surface area is 127 Å². The number of nitrogens with one attached hydrogen (secondary N) is 1. The van der Waals surface area contributed by atoms with E-state index in [4.69, 9.17) is 5.73 Å². The summed E-state index contributed by atoms with van der Waals surface area (Å²) in [4.78, 5) is 4.28. The molecule has 3 nitrogen and oxygen atoms in total. The average molecular weight is 361 g/mol. The first-order valence-corrected chi connectivity index (χ1v) is 6.16. The maximum atomic E-state index is 5.82. The molecule has 102 valence electrons. The van der Waals surface area contributed by atoms with E-state index >= 15 is 0 Å². The molecule has 0 saturated heterocycles. The Balaban J connectivity index is 0.00000289. The molecule has 0 heterocycles. The van der Waals surface area contributed by atoms with Crippen molar-refractivity contribution >= 4 is 35.6 Å². The normalized spacial score (nSPS) is 11.6. The molecule has 18 heavy (non-hydrogen) atoms. The van der Waals surface area contributed by atoms with Crippen LogP contribution in [0.5, 0.6) is 0 Å². The summed E-state index contributed by atoms with van der Waals surface area (Å²) in [5, 5.41) is 3.12. The molecule has 0 fully saturated rings. The Bertz CT molecular complexity index is 386. The van der Waals surface area contributed by atoms with Crippen LogP contribution >= 0.6 is 24.0 Å². The van der Waals surface area contributed by atoms with E-state index in [1.54, 1.807) is 0 Å². The second-order valence-electron chi connectivity index (χ2n) is 5.02. The van der Waals surface area contributed by atoms with Gasteiger partial charge in [0.1, 0.15) is 0 Å². The second kappa shape index (κ2) is 8.34. The van der Waals surface area contributed by atoms with Gasteiger partial charge < -0.3 is 11.1 Å². The summed E-state index contributed by atoms with van der Waals surface area (Å²) in [6, 6.07) is 8.27. The minimum Gasteiger partial charge on any atom is -0.370 e. The number of benzene rings is 1. The smallest absolute Gasteiger partial charge is 0.193 e. The minimum absolute atomic E-state index is 0. The van der Waals surface area contributed by atoms with Crippen LogP contribution in [0.1, 0.15) is 39.2 Å². The van der Waals surface area contributed by atoms with Gasteiger partial charge in [-0.1, -0.05) is 39.8 Å². The molecule has 0 aliphatic carbocycles. The number of hydrogen-bond donors (Lipinski definition) is 2. The fraction of sp³-hybridized carbons (Fsp3) is 0.500. The third kappa shape index (κ3) is 6.23. The first-order chi connectivity index (χ1) is 7.99. The summed E-state index contributed by atoms with van der Waals surface area (Å²) in [6.07, 6.45) is 0. The Morgan fingerprint density at radius 3 is 2.50 bits per heavy atom. The maximum absolute atomic E-state index is 5.82. The van der Waals surface area contributed by atoms with E-state index < -0.39 is 0 Å². The highest BCUT2D eigenvalue weighted by Crippen LogP contribution is 2.18. The lowest BCUT2D eigenvalue weighted by Crippen LogP contribution is -2.23. The molecule has 1 rings (SSSR count). The van der Waals surface area contributed by atoms with Gasteiger partial charge in [-0.15, -0.1) is 24.0 Å². The van der Waals surface area contributed by atoms with E-state index in [1.165, 1.54) is 5.56 Å². The van der Waals surface area contributed by atoms with Crippen LogP contribution in [0.2, 0.25) is 0 Å². The lowest BCUT2D eigenvalue weighted by atomic mass is 10.0. The SMILES string of the molecule is CC(C)CN=C(N)Nc1cccc(C(C)C)c1.I. The molecule has 4 heteroatoms. The number of nitrogens with zero attached hydrogens (tertiary/aromatic N) is 1. The summed E-state index contributed by atoms with van der Waals surface area (Å²) < 4.78 is 0. The zero-order valence-corrected chi connectivity index (χ0v) is 13.9. The second-order valence-corrected chi connectivity index (χ2v) is 5.02. The molecule has 0 radical (unpaired) electrons. The van der Waals surface area contributed by atoms with E-state index in [-0.39, 0.29) is 24.0 Å². The maximum Gasteiger partial charge on any atom is 0.193 e. The number of hydrogen-bond acceptors (Lipinski definition) is 1. The van der Waals surface area contributed by atoms with Gasteiger partial charge in [-0.25, -0.2) is 0 Å². The third-order valence-corrected chi connectivity index (χ3v) is 2.45. The molecule has 0 bridgehead atoms. The zero-order valence-electron chi connectivity index (χ0n) is 11.6. The molecule has 0 aliphatic heterocycles. The number of guanidine groups is 1. The van der Waals surface area contributed by atoms with Gasteiger partial charge >= 0.3 is 0 Å². The summed E-state index contributed by atoms with van der Waals surface area (Å²) >= 11 is 0. The monoisotopic (exact) mass is 361 g/mol. The van der Waals surface area contributed by atoms with Gasteiger partial charge in [0.15, 0.2) is 5.96 Å². The first kappa shape index (κ1) is 17.2. The van der Waals surface area contributed by atoms with Gasteiger partial charge in [-0.3, -0.25) is 4.99 Å². The van der Waals surface area contributed by atoms with Crippen LogP contribution in [-0.4, -0.2) is 12.5 Å². The van der Waals surface area contributed by atoms with Crippen molar-refractivity contribution in [2.75, 3.05) is 11.9 Å². The molecule has 0 unspecified atom stereocenters. The average Bonchev–Trinajstić information content (AvgIpc) is 2.26. The molecule has 0 saturated carbocycles. The van der Waals surface area contributed by atoms with E-state index in [9.17, 15) is 0 Å². The van der Waals surface area contributed by atoms with Crippen LogP contribution in [0.25, 0.3) is 0 Å². The molecule has 1 aromatic rings. The van der Waals surface area contributed by atoms with Crippen molar-refractivity contribution < 1.29 is 0 Å². The van der Waals surface area contributed by atoms with Crippen LogP contribution in [-0.2, 0) is 0 Å². The van der Waals surface area contributed by atoms with Crippen LogP contribution in [0.4, 0.5) is 5.69 Å². The molecule has 0 aromatic heterocycles. The molecule has 0 atom stereocenters. The predicted octanol–water partition coefficient (Wildman–Crippen LogP) is 3.81. The zero-order chi connectivity index (χ0) is 12.8. The first-order valence-electron chi connectivity index (χ1n) is 6.16. The number of aliphatic imine (C=N–C) groups is 1. The van der Waals surface area contributed by atoms with Crippen LogP contribution in [0, 0.1) is 5.92 Å². The Morgan fingerprint density at radius 1 is 1.28 bits per heavy atom. The van der Waals surface area contributed by atoms with Crippen molar-refractivity contribution in [3.63, 3.8) is 0 Å². The molecule has 1 aromatic carbocycles. The standard InChI is InChI=1S/C14H23N3.HI/c1-10(2)9-16-14(15)17-13-7-5-6-12(8-13)11(3)4;/h5-8,10-11H,9H2,1-4H3,(H3,15,16,17);1H. The van der Waals surface area contributed by atoms with Crippen molar-refractivity contribution in [3.05, 3.63) is 29.8 Å². The van der Waals surface area contributed by atoms with E-state index in [2.05, 4.69) is 50.1 Å². The molecular formula is C14H24IN3. The Hall–Kier alpha value is -0.780. The van der Waals surface area contributed by atoms with E-state index in [1.807, 2.05) is 12.1 Å². The minimum atomic E-state index is 0. The topological polar surface area (TPSA) is 50.4 Å². The molecule has 0 aliphatic rings. The Kier molecular flexibility index (Phi) is 7.98. The molecule has 0 amide bonds. The van der Waals surface area contributed by atoms with Crippen LogP contribution in [0.3, 0.4) is 0 Å². The highest BCUT2D eigenvalue weighted by Gasteiger charge is 2.01. The van der Waals surface area contributed by atoms with Gasteiger partial charge in [0, 0.05) is 12.2 Å². The van der Waals surface area contributed by atoms with Crippen LogP contribution < -0.4 is 11.1 Å². The number of anilines is 1. The molecule has 3 N–H and O–H groups in total. The fourth-order valence-electron chi connectivity index (χ4n) is 1.44. The molecule has 0 spiro atoms. The van der Waals surface area contributed by atoms with E-state index in [0.717, 1.165) is 12.2 Å². The number of rotatable bonds is 4. The van der Waals surface area contributed by atoms with Crippen molar-refractivity contribution in [1.29, 1.82) is 0 Å². The lowest BCUT2D eigenvalue weighted by molar-refractivity contribution is 0.665. The molecular weight excluding hydrogens is 337 g/mol. The fourth-order valence-corrected chi connectivity index (χ4v) is 1.44. The summed E-state index contributed by atoms with van der Waals surface area (Å²) in [7, 11) is 0. The van der Waals surface area contributed by atoms with Crippen molar-refractivity contribution in [2.45, 2.75) is 33.6 Å². The highest BCUT2D eigenvalue weighted by molar-refractivity contribution is 14.0. The summed E-state index contributed by atoms with van der Waals surface area (Å²) in [5.41, 5.74) is 8.12. The lowest BCUT2D eigenvalue weighted by Gasteiger charge is -2.10. The number of nitrogens with two attached hydrogens (primary N) is 1. The van der Waals surface area contributed by atoms with Crippen molar-refractivity contribution in [1.82, 2.24) is 0 Å². The van der Waals surface area contributed by atoms with Crippen molar-refractivity contribution in [3.8, 4) is 0 Å². The quantitative estimate of drug-likeness (QED) is 0.487.